The minimum absolute atomic E-state index is 0.0184. The fourth-order valence-corrected chi connectivity index (χ4v) is 4.01. The van der Waals surface area contributed by atoms with Crippen molar-refractivity contribution in [3.05, 3.63) is 0 Å². The average molecular weight is 486 g/mol. The Labute approximate surface area is 208 Å². The van der Waals surface area contributed by atoms with Crippen LogP contribution in [0.4, 0.5) is 0 Å². The number of carbonyl (C=O) groups is 1. The van der Waals surface area contributed by atoms with Gasteiger partial charge in [-0.2, -0.15) is 0 Å². The standard InChI is InChI=1S/C27H51NO6/c1-5-24(34-26-28-27(2,3)22-33-26)18-16-14-12-10-8-6-7-9-11-13-15-17-19-25(30)32-21-23(29)20-31-4/h23-24,29H,5-22H2,1-4H3/t23-,24?/m0/s1. The van der Waals surface area contributed by atoms with Gasteiger partial charge in [0.05, 0.1) is 12.1 Å². The number of aliphatic hydroxyl groups excluding tert-OH is 1. The first kappa shape index (κ1) is 30.7. The number of aliphatic hydroxyl groups is 1. The normalized spacial score (nSPS) is 16.6. The number of nitrogens with zero attached hydrogens (tertiary/aromatic N) is 1. The van der Waals surface area contributed by atoms with Crippen LogP contribution in [0.25, 0.3) is 0 Å². The molecule has 0 amide bonds. The van der Waals surface area contributed by atoms with Crippen LogP contribution in [0.15, 0.2) is 4.99 Å². The molecule has 7 heteroatoms. The molecule has 1 unspecified atom stereocenters. The number of ether oxygens (including phenoxy) is 4. The van der Waals surface area contributed by atoms with Crippen molar-refractivity contribution in [2.24, 2.45) is 4.99 Å². The van der Waals surface area contributed by atoms with E-state index in [1.54, 1.807) is 0 Å². The van der Waals surface area contributed by atoms with Gasteiger partial charge >= 0.3 is 12.1 Å². The third-order valence-corrected chi connectivity index (χ3v) is 6.12. The summed E-state index contributed by atoms with van der Waals surface area (Å²) in [7, 11) is 1.51. The second-order valence-corrected chi connectivity index (χ2v) is 10.2. The molecule has 1 aliphatic rings. The Balaban J connectivity index is 1.84. The number of hydrogen-bond acceptors (Lipinski definition) is 7. The molecule has 0 aromatic carbocycles. The summed E-state index contributed by atoms with van der Waals surface area (Å²) in [6.45, 7) is 7.10. The molecule has 0 spiro atoms. The Morgan fingerprint density at radius 2 is 1.53 bits per heavy atom. The van der Waals surface area contributed by atoms with Gasteiger partial charge in [-0.15, -0.1) is 0 Å². The molecule has 2 atom stereocenters. The van der Waals surface area contributed by atoms with Crippen molar-refractivity contribution in [2.45, 2.75) is 135 Å². The molecular formula is C27H51NO6. The fraction of sp³-hybridized carbons (Fsp3) is 0.926. The lowest BCUT2D eigenvalue weighted by Gasteiger charge is -2.16. The largest absolute Gasteiger partial charge is 0.463 e. The van der Waals surface area contributed by atoms with Crippen molar-refractivity contribution in [1.82, 2.24) is 0 Å². The summed E-state index contributed by atoms with van der Waals surface area (Å²) in [6.07, 6.45) is 17.2. The number of esters is 1. The van der Waals surface area contributed by atoms with E-state index in [4.69, 9.17) is 18.9 Å². The van der Waals surface area contributed by atoms with Gasteiger partial charge < -0.3 is 24.1 Å². The summed E-state index contributed by atoms with van der Waals surface area (Å²) in [5.74, 6) is -0.228. The minimum atomic E-state index is -0.734. The smallest absolute Gasteiger partial charge is 0.384 e. The zero-order valence-electron chi connectivity index (χ0n) is 22.3. The van der Waals surface area contributed by atoms with Gasteiger partial charge in [-0.3, -0.25) is 4.79 Å². The molecular weight excluding hydrogens is 434 g/mol. The van der Waals surface area contributed by atoms with Crippen LogP contribution < -0.4 is 0 Å². The van der Waals surface area contributed by atoms with Crippen molar-refractivity contribution in [3.8, 4) is 0 Å². The molecule has 34 heavy (non-hydrogen) atoms. The lowest BCUT2D eigenvalue weighted by molar-refractivity contribution is -0.147. The molecule has 0 aliphatic carbocycles. The number of methoxy groups -OCH3 is 1. The van der Waals surface area contributed by atoms with Crippen molar-refractivity contribution < 1.29 is 28.8 Å². The number of aliphatic imine (C=N–C) groups is 1. The Morgan fingerprint density at radius 1 is 0.971 bits per heavy atom. The van der Waals surface area contributed by atoms with Gasteiger partial charge in [-0.05, 0) is 39.5 Å². The highest BCUT2D eigenvalue weighted by atomic mass is 16.7. The second-order valence-electron chi connectivity index (χ2n) is 10.2. The molecule has 1 aliphatic heterocycles. The highest BCUT2D eigenvalue weighted by molar-refractivity contribution is 5.69. The number of rotatable bonds is 21. The van der Waals surface area contributed by atoms with E-state index in [9.17, 15) is 9.90 Å². The van der Waals surface area contributed by atoms with Gasteiger partial charge in [-0.25, -0.2) is 4.99 Å². The van der Waals surface area contributed by atoms with Gasteiger partial charge in [-0.1, -0.05) is 71.1 Å². The van der Waals surface area contributed by atoms with E-state index in [1.807, 2.05) is 0 Å². The van der Waals surface area contributed by atoms with Crippen LogP contribution in [0, 0.1) is 0 Å². The highest BCUT2D eigenvalue weighted by Gasteiger charge is 2.28. The Kier molecular flexibility index (Phi) is 17.1. The number of hydrogen-bond donors (Lipinski definition) is 1. The van der Waals surface area contributed by atoms with Crippen LogP contribution in [0.2, 0.25) is 0 Å². The lowest BCUT2D eigenvalue weighted by atomic mass is 10.0. The van der Waals surface area contributed by atoms with Crippen LogP contribution in [0.5, 0.6) is 0 Å². The highest BCUT2D eigenvalue weighted by Crippen LogP contribution is 2.20. The first-order valence-corrected chi connectivity index (χ1v) is 13.6. The average Bonchev–Trinajstić information content (AvgIpc) is 3.15. The van der Waals surface area contributed by atoms with Crippen molar-refractivity contribution in [1.29, 1.82) is 0 Å². The molecule has 0 saturated heterocycles. The molecule has 0 aromatic heterocycles. The van der Waals surface area contributed by atoms with E-state index in [-0.39, 0.29) is 30.8 Å². The van der Waals surface area contributed by atoms with E-state index in [0.29, 0.717) is 19.1 Å². The molecule has 0 bridgehead atoms. The first-order chi connectivity index (χ1) is 16.4. The van der Waals surface area contributed by atoms with E-state index >= 15 is 0 Å². The lowest BCUT2D eigenvalue weighted by Crippen LogP contribution is -2.22. The van der Waals surface area contributed by atoms with Crippen LogP contribution in [0.1, 0.15) is 117 Å². The summed E-state index contributed by atoms with van der Waals surface area (Å²) >= 11 is 0. The maximum atomic E-state index is 11.6. The van der Waals surface area contributed by atoms with E-state index in [2.05, 4.69) is 25.8 Å². The Hall–Kier alpha value is -1.34. The molecule has 0 fully saturated rings. The molecule has 0 aromatic rings. The predicted molar refractivity (Wildman–Crippen MR) is 136 cm³/mol. The molecule has 200 valence electrons. The maximum Gasteiger partial charge on any atom is 0.384 e. The third-order valence-electron chi connectivity index (χ3n) is 6.12. The zero-order chi connectivity index (χ0) is 25.1. The van der Waals surface area contributed by atoms with Gasteiger partial charge in [0.2, 0.25) is 0 Å². The summed E-state index contributed by atoms with van der Waals surface area (Å²) in [5.41, 5.74) is -0.153. The number of unbranched alkanes of at least 4 members (excludes halogenated alkanes) is 11. The van der Waals surface area contributed by atoms with Crippen LogP contribution in [-0.4, -0.2) is 61.8 Å². The summed E-state index contributed by atoms with van der Waals surface area (Å²) in [6, 6.07) is 0. The van der Waals surface area contributed by atoms with Gasteiger partial charge in [0.15, 0.2) is 0 Å². The van der Waals surface area contributed by atoms with E-state index in [0.717, 1.165) is 25.7 Å². The quantitative estimate of drug-likeness (QED) is 0.159. The minimum Gasteiger partial charge on any atom is -0.463 e. The maximum absolute atomic E-state index is 11.6. The van der Waals surface area contributed by atoms with Crippen LogP contribution >= 0.6 is 0 Å². The van der Waals surface area contributed by atoms with Crippen molar-refractivity contribution in [2.75, 3.05) is 26.9 Å². The molecule has 1 heterocycles. The van der Waals surface area contributed by atoms with Gasteiger partial charge in [0.1, 0.15) is 25.4 Å². The van der Waals surface area contributed by atoms with Crippen LogP contribution in [-0.2, 0) is 23.7 Å². The van der Waals surface area contributed by atoms with E-state index < -0.39 is 6.10 Å². The Bertz CT molecular complexity index is 551. The number of carbonyl (C=O) groups excluding carboxylic acids is 1. The first-order valence-electron chi connectivity index (χ1n) is 13.6. The van der Waals surface area contributed by atoms with Crippen LogP contribution in [0.3, 0.4) is 0 Å². The molecule has 7 nitrogen and oxygen atoms in total. The SMILES string of the molecule is CCC(CCCCCCCCCCCCCCC(=O)OC[C@@H](O)COC)OC1=NC(C)(C)CO1. The van der Waals surface area contributed by atoms with Gasteiger partial charge in [0.25, 0.3) is 0 Å². The van der Waals surface area contributed by atoms with Gasteiger partial charge in [0, 0.05) is 13.5 Å². The van der Waals surface area contributed by atoms with E-state index in [1.165, 1.54) is 71.3 Å². The third kappa shape index (κ3) is 16.3. The second kappa shape index (κ2) is 18.9. The summed E-state index contributed by atoms with van der Waals surface area (Å²) < 4.78 is 21.3. The monoisotopic (exact) mass is 485 g/mol. The fourth-order valence-electron chi connectivity index (χ4n) is 4.01. The molecule has 1 N–H and O–H groups in total. The molecule has 0 saturated carbocycles. The topological polar surface area (TPSA) is 86.6 Å². The van der Waals surface area contributed by atoms with Crippen molar-refractivity contribution in [3.63, 3.8) is 0 Å². The summed E-state index contributed by atoms with van der Waals surface area (Å²) in [5, 5.41) is 9.45. The summed E-state index contributed by atoms with van der Waals surface area (Å²) in [4.78, 5) is 16.1. The van der Waals surface area contributed by atoms with Crippen molar-refractivity contribution >= 4 is 12.1 Å². The Morgan fingerprint density at radius 3 is 2.03 bits per heavy atom. The predicted octanol–water partition coefficient (Wildman–Crippen LogP) is 5.96. The molecule has 0 radical (unpaired) electrons. The molecule has 1 rings (SSSR count). The zero-order valence-corrected chi connectivity index (χ0v) is 22.3.